The van der Waals surface area contributed by atoms with Crippen LogP contribution in [0.25, 0.3) is 0 Å². The Hall–Kier alpha value is -2.80. The average Bonchev–Trinajstić information content (AvgIpc) is 2.90. The first-order valence-electron chi connectivity index (χ1n) is 12.6. The number of hydrogen-bond donors (Lipinski definition) is 3. The summed E-state index contributed by atoms with van der Waals surface area (Å²) in [4.78, 5) is 11.4. The van der Waals surface area contributed by atoms with Gasteiger partial charge in [0.1, 0.15) is 17.9 Å². The number of aryl methyl sites for hydroxylation is 1. The number of para-hydroxylation sites is 1. The van der Waals surface area contributed by atoms with Gasteiger partial charge in [-0.2, -0.15) is 4.98 Å². The molecule has 1 aliphatic heterocycles. The third-order valence-electron chi connectivity index (χ3n) is 6.75. The van der Waals surface area contributed by atoms with Crippen LogP contribution in [0.2, 0.25) is 5.02 Å². The Balaban J connectivity index is 1.61. The van der Waals surface area contributed by atoms with Crippen LogP contribution in [0.1, 0.15) is 25.3 Å². The van der Waals surface area contributed by atoms with Gasteiger partial charge in [0, 0.05) is 36.2 Å². The van der Waals surface area contributed by atoms with Crippen molar-refractivity contribution in [2.45, 2.75) is 32.2 Å². The van der Waals surface area contributed by atoms with Crippen LogP contribution in [0.5, 0.6) is 5.75 Å². The van der Waals surface area contributed by atoms with Crippen LogP contribution in [-0.2, 0) is 11.0 Å². The van der Waals surface area contributed by atoms with Crippen molar-refractivity contribution in [2.75, 3.05) is 56.1 Å². The topological polar surface area (TPSA) is 91.4 Å². The molecule has 0 bridgehead atoms. The Morgan fingerprint density at radius 2 is 1.86 bits per heavy atom. The number of hydrogen-bond acceptors (Lipinski definition) is 8. The van der Waals surface area contributed by atoms with E-state index in [0.717, 1.165) is 49.1 Å². The lowest BCUT2D eigenvalue weighted by molar-refractivity contribution is 0.415. The Bertz CT molecular complexity index is 1290. The zero-order chi connectivity index (χ0) is 26.6. The van der Waals surface area contributed by atoms with Crippen LogP contribution in [0, 0.1) is 0 Å². The minimum absolute atomic E-state index is 0.365. The average molecular weight is 543 g/mol. The highest BCUT2D eigenvalue weighted by molar-refractivity contribution is 7.70. The molecule has 3 N–H and O–H groups in total. The molecule has 1 fully saturated rings. The van der Waals surface area contributed by atoms with E-state index < -0.39 is 7.14 Å². The van der Waals surface area contributed by atoms with Crippen molar-refractivity contribution >= 4 is 52.9 Å². The number of halogens is 1. The summed E-state index contributed by atoms with van der Waals surface area (Å²) in [6, 6.07) is 12.3. The summed E-state index contributed by atoms with van der Waals surface area (Å²) < 4.78 is 18.5. The normalized spacial score (nSPS) is 14.5. The Labute approximate surface area is 224 Å². The molecule has 1 aliphatic rings. The molecule has 0 amide bonds. The van der Waals surface area contributed by atoms with Crippen LogP contribution in [0.4, 0.5) is 28.8 Å². The molecule has 10 heteroatoms. The fourth-order valence-electron chi connectivity index (χ4n) is 4.68. The number of ether oxygens (including phenoxy) is 1. The first-order valence-corrected chi connectivity index (χ1v) is 15.6. The molecular formula is C27H36ClN6O2P. The Kier molecular flexibility index (Phi) is 8.63. The van der Waals surface area contributed by atoms with Crippen molar-refractivity contribution in [1.29, 1.82) is 0 Å². The monoisotopic (exact) mass is 542 g/mol. The molecule has 8 nitrogen and oxygen atoms in total. The standard InChI is InChI=1S/C27H36ClN6O2P/c1-6-18-15-22(24(36-3)16-23(18)34-13-11-19(29-2)12-14-34)32-27-30-17-20(28)26(33-27)31-21-9-7-8-10-25(21)37(4,5)35/h7-10,15-17,19,29H,6,11-14H2,1-5H3,(H2,30,31,32,33). The predicted octanol–water partition coefficient (Wildman–Crippen LogP) is 5.62. The van der Waals surface area contributed by atoms with Crippen LogP contribution in [-0.4, -0.2) is 56.6 Å². The molecule has 0 unspecified atom stereocenters. The predicted molar refractivity (Wildman–Crippen MR) is 156 cm³/mol. The molecule has 0 spiro atoms. The number of nitrogens with zero attached hydrogens (tertiary/aromatic N) is 3. The van der Waals surface area contributed by atoms with E-state index in [1.54, 1.807) is 26.6 Å². The van der Waals surface area contributed by atoms with E-state index in [-0.39, 0.29) is 0 Å². The van der Waals surface area contributed by atoms with Gasteiger partial charge in [0.25, 0.3) is 0 Å². The summed E-state index contributed by atoms with van der Waals surface area (Å²) in [5.41, 5.74) is 3.93. The molecule has 0 aliphatic carbocycles. The van der Waals surface area contributed by atoms with Gasteiger partial charge in [0.05, 0.1) is 24.7 Å². The summed E-state index contributed by atoms with van der Waals surface area (Å²) >= 11 is 6.43. The fourth-order valence-corrected chi connectivity index (χ4v) is 5.97. The number of nitrogens with one attached hydrogen (secondary N) is 3. The summed E-state index contributed by atoms with van der Waals surface area (Å²) in [5, 5.41) is 11.1. The van der Waals surface area contributed by atoms with Gasteiger partial charge in [0.2, 0.25) is 5.95 Å². The number of aromatic nitrogens is 2. The second-order valence-corrected chi connectivity index (χ2v) is 13.2. The fraction of sp³-hybridized carbons (Fsp3) is 0.407. The van der Waals surface area contributed by atoms with Gasteiger partial charge < -0.3 is 30.2 Å². The molecule has 2 aromatic carbocycles. The first kappa shape index (κ1) is 27.2. The van der Waals surface area contributed by atoms with Crippen molar-refractivity contribution in [3.8, 4) is 5.75 Å². The lowest BCUT2D eigenvalue weighted by Crippen LogP contribution is -2.41. The summed E-state index contributed by atoms with van der Waals surface area (Å²) in [6.07, 6.45) is 4.67. The Morgan fingerprint density at radius 3 is 2.51 bits per heavy atom. The van der Waals surface area contributed by atoms with Gasteiger partial charge in [-0.25, -0.2) is 4.98 Å². The van der Waals surface area contributed by atoms with Crippen molar-refractivity contribution in [3.05, 3.63) is 53.2 Å². The number of piperidine rings is 1. The molecule has 2 heterocycles. The van der Waals surface area contributed by atoms with E-state index in [9.17, 15) is 4.57 Å². The lowest BCUT2D eigenvalue weighted by Gasteiger charge is -2.35. The highest BCUT2D eigenvalue weighted by Crippen LogP contribution is 2.39. The van der Waals surface area contributed by atoms with E-state index in [1.165, 1.54) is 11.3 Å². The zero-order valence-electron chi connectivity index (χ0n) is 22.1. The van der Waals surface area contributed by atoms with Gasteiger partial charge in [-0.05, 0) is 63.4 Å². The number of methoxy groups -OCH3 is 1. The molecule has 0 saturated carbocycles. The molecule has 0 radical (unpaired) electrons. The maximum Gasteiger partial charge on any atom is 0.229 e. The second kappa shape index (κ2) is 11.7. The first-order chi connectivity index (χ1) is 17.7. The maximum absolute atomic E-state index is 12.8. The van der Waals surface area contributed by atoms with Gasteiger partial charge in [-0.15, -0.1) is 0 Å². The minimum atomic E-state index is -2.50. The smallest absolute Gasteiger partial charge is 0.229 e. The van der Waals surface area contributed by atoms with Crippen molar-refractivity contribution in [1.82, 2.24) is 15.3 Å². The second-order valence-electron chi connectivity index (χ2n) is 9.59. The third kappa shape index (κ3) is 6.38. The summed E-state index contributed by atoms with van der Waals surface area (Å²) in [6.45, 7) is 7.66. The highest BCUT2D eigenvalue weighted by Gasteiger charge is 2.22. The number of benzene rings is 2. The van der Waals surface area contributed by atoms with Crippen LogP contribution >= 0.6 is 18.7 Å². The van der Waals surface area contributed by atoms with Crippen LogP contribution < -0.4 is 30.9 Å². The summed E-state index contributed by atoms with van der Waals surface area (Å²) in [7, 11) is 1.20. The van der Waals surface area contributed by atoms with E-state index in [0.29, 0.717) is 28.5 Å². The van der Waals surface area contributed by atoms with Crippen LogP contribution in [0.3, 0.4) is 0 Å². The van der Waals surface area contributed by atoms with Gasteiger partial charge in [0.15, 0.2) is 5.82 Å². The molecule has 198 valence electrons. The molecule has 4 rings (SSSR count). The molecule has 37 heavy (non-hydrogen) atoms. The summed E-state index contributed by atoms with van der Waals surface area (Å²) in [5.74, 6) is 1.53. The van der Waals surface area contributed by atoms with Crippen molar-refractivity contribution < 1.29 is 9.30 Å². The molecule has 3 aromatic rings. The lowest BCUT2D eigenvalue weighted by atomic mass is 10.0. The van der Waals surface area contributed by atoms with E-state index >= 15 is 0 Å². The number of anilines is 5. The van der Waals surface area contributed by atoms with E-state index in [4.69, 9.17) is 16.3 Å². The quantitative estimate of drug-likeness (QED) is 0.300. The van der Waals surface area contributed by atoms with Crippen LogP contribution in [0.15, 0.2) is 42.6 Å². The molecule has 1 aromatic heterocycles. The third-order valence-corrected chi connectivity index (χ3v) is 8.58. The van der Waals surface area contributed by atoms with E-state index in [1.807, 2.05) is 31.3 Å². The minimum Gasteiger partial charge on any atom is -0.494 e. The van der Waals surface area contributed by atoms with Crippen molar-refractivity contribution in [2.24, 2.45) is 0 Å². The maximum atomic E-state index is 12.8. The highest BCUT2D eigenvalue weighted by atomic mass is 35.5. The zero-order valence-corrected chi connectivity index (χ0v) is 23.8. The van der Waals surface area contributed by atoms with Gasteiger partial charge in [-0.1, -0.05) is 30.7 Å². The van der Waals surface area contributed by atoms with Gasteiger partial charge >= 0.3 is 0 Å². The molecular weight excluding hydrogens is 507 g/mol. The number of rotatable bonds is 9. The largest absolute Gasteiger partial charge is 0.494 e. The van der Waals surface area contributed by atoms with Gasteiger partial charge in [-0.3, -0.25) is 0 Å². The molecule has 0 atom stereocenters. The molecule has 1 saturated heterocycles. The Morgan fingerprint density at radius 1 is 1.14 bits per heavy atom. The van der Waals surface area contributed by atoms with Crippen molar-refractivity contribution in [3.63, 3.8) is 0 Å². The SMILES string of the molecule is CCc1cc(Nc2ncc(Cl)c(Nc3ccccc3P(C)(C)=O)n2)c(OC)cc1N1CCC(NC)CC1. The van der Waals surface area contributed by atoms with E-state index in [2.05, 4.69) is 49.9 Å².